The van der Waals surface area contributed by atoms with E-state index in [1.807, 2.05) is 29.9 Å². The Labute approximate surface area is 77.2 Å². The molecule has 0 unspecified atom stereocenters. The Balaban J connectivity index is 2.64. The van der Waals surface area contributed by atoms with Gasteiger partial charge >= 0.3 is 0 Å². The molecule has 1 heterocycles. The quantitative estimate of drug-likeness (QED) is 0.742. The van der Waals surface area contributed by atoms with Crippen LogP contribution in [0.15, 0.2) is 24.3 Å². The fourth-order valence-corrected chi connectivity index (χ4v) is 1.63. The predicted octanol–water partition coefficient (Wildman–Crippen LogP) is 1.07. The van der Waals surface area contributed by atoms with E-state index in [1.54, 1.807) is 0 Å². The smallest absolute Gasteiger partial charge is 0.0926 e. The second-order valence-electron chi connectivity index (χ2n) is 3.13. The zero-order chi connectivity index (χ0) is 9.26. The van der Waals surface area contributed by atoms with E-state index in [4.69, 9.17) is 5.73 Å². The monoisotopic (exact) mass is 175 g/mol. The standard InChI is InChI=1S/C10H13N3/c1-13-10(6-7-11)8-4-2-3-5-9(8)12-13/h2-5H,6-7,11H2,1H3. The number of nitrogens with two attached hydrogens (primary N) is 1. The van der Waals surface area contributed by atoms with Gasteiger partial charge in [0.25, 0.3) is 0 Å². The summed E-state index contributed by atoms with van der Waals surface area (Å²) in [5.41, 5.74) is 7.81. The third-order valence-electron chi connectivity index (χ3n) is 2.24. The molecule has 0 aliphatic heterocycles. The van der Waals surface area contributed by atoms with Crippen LogP contribution in [-0.4, -0.2) is 16.3 Å². The van der Waals surface area contributed by atoms with Gasteiger partial charge in [0.05, 0.1) is 5.52 Å². The molecule has 2 N–H and O–H groups in total. The highest BCUT2D eigenvalue weighted by molar-refractivity contribution is 5.81. The summed E-state index contributed by atoms with van der Waals surface area (Å²) >= 11 is 0. The van der Waals surface area contributed by atoms with Gasteiger partial charge in [-0.2, -0.15) is 5.10 Å². The molecule has 0 spiro atoms. The number of benzene rings is 1. The highest BCUT2D eigenvalue weighted by atomic mass is 15.3. The summed E-state index contributed by atoms with van der Waals surface area (Å²) in [4.78, 5) is 0. The molecule has 0 radical (unpaired) electrons. The SMILES string of the molecule is Cn1nc2ccccc2c1CCN. The van der Waals surface area contributed by atoms with E-state index in [0.717, 1.165) is 11.9 Å². The zero-order valence-corrected chi connectivity index (χ0v) is 7.70. The van der Waals surface area contributed by atoms with Crippen LogP contribution >= 0.6 is 0 Å². The maximum absolute atomic E-state index is 5.54. The summed E-state index contributed by atoms with van der Waals surface area (Å²) in [5, 5.41) is 5.61. The Morgan fingerprint density at radius 2 is 2.15 bits per heavy atom. The van der Waals surface area contributed by atoms with Crippen molar-refractivity contribution in [2.24, 2.45) is 12.8 Å². The van der Waals surface area contributed by atoms with E-state index in [9.17, 15) is 0 Å². The molecule has 68 valence electrons. The largest absolute Gasteiger partial charge is 0.330 e. The van der Waals surface area contributed by atoms with Gasteiger partial charge in [0.15, 0.2) is 0 Å². The molecular weight excluding hydrogens is 162 g/mol. The van der Waals surface area contributed by atoms with Crippen LogP contribution in [0, 0.1) is 0 Å². The number of hydrogen-bond acceptors (Lipinski definition) is 2. The molecule has 0 saturated carbocycles. The highest BCUT2D eigenvalue weighted by Crippen LogP contribution is 2.16. The number of aryl methyl sites for hydroxylation is 1. The molecule has 0 bridgehead atoms. The van der Waals surface area contributed by atoms with E-state index in [1.165, 1.54) is 11.1 Å². The maximum atomic E-state index is 5.54. The van der Waals surface area contributed by atoms with Gasteiger partial charge in [-0.05, 0) is 12.6 Å². The number of hydrogen-bond donors (Lipinski definition) is 1. The minimum atomic E-state index is 0.670. The lowest BCUT2D eigenvalue weighted by molar-refractivity contribution is 0.716. The molecule has 0 saturated heterocycles. The maximum Gasteiger partial charge on any atom is 0.0926 e. The first-order valence-electron chi connectivity index (χ1n) is 4.43. The van der Waals surface area contributed by atoms with Gasteiger partial charge < -0.3 is 5.73 Å². The first-order valence-corrected chi connectivity index (χ1v) is 4.43. The lowest BCUT2D eigenvalue weighted by Gasteiger charge is -1.98. The fraction of sp³-hybridized carbons (Fsp3) is 0.300. The Hall–Kier alpha value is -1.35. The molecule has 0 fully saturated rings. The van der Waals surface area contributed by atoms with Crippen molar-refractivity contribution in [2.45, 2.75) is 6.42 Å². The van der Waals surface area contributed by atoms with Gasteiger partial charge in [-0.1, -0.05) is 18.2 Å². The van der Waals surface area contributed by atoms with Crippen LogP contribution in [0.25, 0.3) is 10.9 Å². The second kappa shape index (κ2) is 3.18. The van der Waals surface area contributed by atoms with E-state index in [2.05, 4.69) is 11.2 Å². The molecular formula is C10H13N3. The molecule has 1 aromatic carbocycles. The van der Waals surface area contributed by atoms with Crippen LogP contribution in [-0.2, 0) is 13.5 Å². The lowest BCUT2D eigenvalue weighted by atomic mass is 10.2. The average molecular weight is 175 g/mol. The average Bonchev–Trinajstić information content (AvgIpc) is 2.44. The summed E-state index contributed by atoms with van der Waals surface area (Å²) in [7, 11) is 1.96. The summed E-state index contributed by atoms with van der Waals surface area (Å²) < 4.78 is 1.91. The molecule has 13 heavy (non-hydrogen) atoms. The van der Waals surface area contributed by atoms with Crippen molar-refractivity contribution < 1.29 is 0 Å². The molecule has 3 heteroatoms. The minimum absolute atomic E-state index is 0.670. The summed E-state index contributed by atoms with van der Waals surface area (Å²) in [6.07, 6.45) is 0.886. The van der Waals surface area contributed by atoms with Gasteiger partial charge in [-0.3, -0.25) is 4.68 Å². The van der Waals surface area contributed by atoms with E-state index < -0.39 is 0 Å². The summed E-state index contributed by atoms with van der Waals surface area (Å²) in [5.74, 6) is 0. The molecule has 2 rings (SSSR count). The van der Waals surface area contributed by atoms with Gasteiger partial charge in [0.1, 0.15) is 0 Å². The molecule has 3 nitrogen and oxygen atoms in total. The van der Waals surface area contributed by atoms with Crippen LogP contribution in [0.2, 0.25) is 0 Å². The Morgan fingerprint density at radius 3 is 2.92 bits per heavy atom. The predicted molar refractivity (Wildman–Crippen MR) is 53.5 cm³/mol. The van der Waals surface area contributed by atoms with Crippen LogP contribution in [0.5, 0.6) is 0 Å². The second-order valence-corrected chi connectivity index (χ2v) is 3.13. The third-order valence-corrected chi connectivity index (χ3v) is 2.24. The van der Waals surface area contributed by atoms with Crippen molar-refractivity contribution in [3.63, 3.8) is 0 Å². The van der Waals surface area contributed by atoms with Gasteiger partial charge in [0.2, 0.25) is 0 Å². The van der Waals surface area contributed by atoms with Gasteiger partial charge in [0, 0.05) is 24.5 Å². The first-order chi connectivity index (χ1) is 6.33. The fourth-order valence-electron chi connectivity index (χ4n) is 1.63. The topological polar surface area (TPSA) is 43.8 Å². The summed E-state index contributed by atoms with van der Waals surface area (Å²) in [6, 6.07) is 8.15. The number of fused-ring (bicyclic) bond motifs is 1. The molecule has 2 aromatic rings. The van der Waals surface area contributed by atoms with Gasteiger partial charge in [-0.15, -0.1) is 0 Å². The van der Waals surface area contributed by atoms with Crippen molar-refractivity contribution in [3.05, 3.63) is 30.0 Å². The van der Waals surface area contributed by atoms with Crippen molar-refractivity contribution in [1.29, 1.82) is 0 Å². The third kappa shape index (κ3) is 1.31. The molecule has 0 amide bonds. The van der Waals surface area contributed by atoms with E-state index in [-0.39, 0.29) is 0 Å². The van der Waals surface area contributed by atoms with E-state index >= 15 is 0 Å². The number of aromatic nitrogens is 2. The van der Waals surface area contributed by atoms with Crippen molar-refractivity contribution in [1.82, 2.24) is 9.78 Å². The highest BCUT2D eigenvalue weighted by Gasteiger charge is 2.05. The van der Waals surface area contributed by atoms with Crippen LogP contribution in [0.1, 0.15) is 5.69 Å². The van der Waals surface area contributed by atoms with Crippen LogP contribution in [0.3, 0.4) is 0 Å². The Kier molecular flexibility index (Phi) is 2.02. The molecule has 0 atom stereocenters. The number of rotatable bonds is 2. The normalized spacial score (nSPS) is 10.9. The Morgan fingerprint density at radius 1 is 1.38 bits per heavy atom. The van der Waals surface area contributed by atoms with Crippen LogP contribution < -0.4 is 5.73 Å². The molecule has 1 aromatic heterocycles. The van der Waals surface area contributed by atoms with E-state index in [0.29, 0.717) is 6.54 Å². The summed E-state index contributed by atoms with van der Waals surface area (Å²) in [6.45, 7) is 0.670. The first kappa shape index (κ1) is 8.26. The molecule has 0 aliphatic carbocycles. The zero-order valence-electron chi connectivity index (χ0n) is 7.70. The van der Waals surface area contributed by atoms with Crippen molar-refractivity contribution in [2.75, 3.05) is 6.54 Å². The van der Waals surface area contributed by atoms with Gasteiger partial charge in [-0.25, -0.2) is 0 Å². The number of nitrogens with zero attached hydrogens (tertiary/aromatic N) is 2. The van der Waals surface area contributed by atoms with Crippen LogP contribution in [0.4, 0.5) is 0 Å². The Bertz CT molecular complexity index is 417. The van der Waals surface area contributed by atoms with Crippen molar-refractivity contribution >= 4 is 10.9 Å². The molecule has 0 aliphatic rings. The lowest BCUT2D eigenvalue weighted by Crippen LogP contribution is -2.07. The van der Waals surface area contributed by atoms with Crippen molar-refractivity contribution in [3.8, 4) is 0 Å². The minimum Gasteiger partial charge on any atom is -0.330 e.